The summed E-state index contributed by atoms with van der Waals surface area (Å²) in [6.07, 6.45) is 0. The number of aromatic nitrogens is 1. The second-order valence-corrected chi connectivity index (χ2v) is 7.43. The van der Waals surface area contributed by atoms with Crippen LogP contribution in [0.1, 0.15) is 45.7 Å². The Morgan fingerprint density at radius 2 is 1.68 bits per heavy atom. The fraction of sp³-hybridized carbons (Fsp3) is 0.208. The number of benzene rings is 2. The Labute approximate surface area is 180 Å². The normalized spacial score (nSPS) is 11.5. The molecule has 7 heteroatoms. The molecule has 0 aliphatic heterocycles. The predicted molar refractivity (Wildman–Crippen MR) is 121 cm³/mol. The standard InChI is InChI=1S/C24H26N4O3/c1-15-13-16(2)26-23(30)21(15)14-25-22(29)19-11-9-18(10-12-19)17(3)27-24(31)28-20-7-5-4-6-8-20/h4-13,17H,14H2,1-3H3,(H,25,29)(H,26,30)(H2,27,28,31). The Balaban J connectivity index is 1.57. The number of urea groups is 1. The van der Waals surface area contributed by atoms with Crippen molar-refractivity contribution in [1.82, 2.24) is 15.6 Å². The van der Waals surface area contributed by atoms with Crippen LogP contribution in [0.4, 0.5) is 10.5 Å². The lowest BCUT2D eigenvalue weighted by Crippen LogP contribution is -2.31. The zero-order chi connectivity index (χ0) is 22.4. The van der Waals surface area contributed by atoms with Crippen LogP contribution in [0.25, 0.3) is 0 Å². The van der Waals surface area contributed by atoms with Gasteiger partial charge in [0.1, 0.15) is 0 Å². The maximum Gasteiger partial charge on any atom is 0.319 e. The SMILES string of the molecule is Cc1cc(C)c(CNC(=O)c2ccc(C(C)NC(=O)Nc3ccccc3)cc2)c(=O)[nH]1. The Morgan fingerprint density at radius 3 is 2.32 bits per heavy atom. The van der Waals surface area contributed by atoms with Crippen LogP contribution >= 0.6 is 0 Å². The molecule has 4 N–H and O–H groups in total. The van der Waals surface area contributed by atoms with Crippen LogP contribution < -0.4 is 21.5 Å². The molecule has 7 nitrogen and oxygen atoms in total. The van der Waals surface area contributed by atoms with Crippen LogP contribution in [-0.2, 0) is 6.54 Å². The van der Waals surface area contributed by atoms with Crippen molar-refractivity contribution in [2.45, 2.75) is 33.4 Å². The Hall–Kier alpha value is -3.87. The molecule has 0 spiro atoms. The van der Waals surface area contributed by atoms with Crippen LogP contribution in [0, 0.1) is 13.8 Å². The number of hydrogen-bond donors (Lipinski definition) is 4. The third-order valence-corrected chi connectivity index (χ3v) is 4.97. The van der Waals surface area contributed by atoms with Crippen molar-refractivity contribution in [3.63, 3.8) is 0 Å². The number of anilines is 1. The Kier molecular flexibility index (Phi) is 6.87. The van der Waals surface area contributed by atoms with E-state index in [2.05, 4.69) is 20.9 Å². The lowest BCUT2D eigenvalue weighted by molar-refractivity contribution is 0.0950. The lowest BCUT2D eigenvalue weighted by Gasteiger charge is -2.15. The minimum atomic E-state index is -0.306. The van der Waals surface area contributed by atoms with Gasteiger partial charge >= 0.3 is 6.03 Å². The molecule has 160 valence electrons. The van der Waals surface area contributed by atoms with Gasteiger partial charge < -0.3 is 20.9 Å². The molecule has 2 aromatic carbocycles. The fourth-order valence-electron chi connectivity index (χ4n) is 3.26. The van der Waals surface area contributed by atoms with Gasteiger partial charge in [-0.25, -0.2) is 4.79 Å². The summed E-state index contributed by atoms with van der Waals surface area (Å²) in [5.41, 5.74) is 4.02. The van der Waals surface area contributed by atoms with Gasteiger partial charge in [0.2, 0.25) is 0 Å². The van der Waals surface area contributed by atoms with E-state index in [0.717, 1.165) is 16.8 Å². The van der Waals surface area contributed by atoms with Crippen molar-refractivity contribution in [1.29, 1.82) is 0 Å². The minimum Gasteiger partial charge on any atom is -0.348 e. The number of hydrogen-bond acceptors (Lipinski definition) is 3. The van der Waals surface area contributed by atoms with Crippen molar-refractivity contribution in [3.8, 4) is 0 Å². The highest BCUT2D eigenvalue weighted by atomic mass is 16.2. The maximum atomic E-state index is 12.5. The molecule has 1 heterocycles. The second kappa shape index (κ2) is 9.75. The highest BCUT2D eigenvalue weighted by Crippen LogP contribution is 2.14. The van der Waals surface area contributed by atoms with Gasteiger partial charge in [-0.3, -0.25) is 9.59 Å². The zero-order valence-corrected chi connectivity index (χ0v) is 17.8. The number of aromatic amines is 1. The first kappa shape index (κ1) is 21.8. The molecule has 0 saturated carbocycles. The second-order valence-electron chi connectivity index (χ2n) is 7.43. The third-order valence-electron chi connectivity index (χ3n) is 4.97. The molecule has 0 fully saturated rings. The Bertz CT molecular complexity index is 1120. The quantitative estimate of drug-likeness (QED) is 0.489. The van der Waals surface area contributed by atoms with Gasteiger partial charge in [-0.15, -0.1) is 0 Å². The van der Waals surface area contributed by atoms with Crippen LogP contribution in [-0.4, -0.2) is 16.9 Å². The molecule has 1 unspecified atom stereocenters. The number of para-hydroxylation sites is 1. The molecular formula is C24H26N4O3. The summed E-state index contributed by atoms with van der Waals surface area (Å²) in [7, 11) is 0. The zero-order valence-electron chi connectivity index (χ0n) is 17.8. The van der Waals surface area contributed by atoms with Crippen molar-refractivity contribution >= 4 is 17.6 Å². The summed E-state index contributed by atoms with van der Waals surface area (Å²) in [6, 6.07) is 17.5. The highest BCUT2D eigenvalue weighted by molar-refractivity contribution is 5.94. The number of aryl methyl sites for hydroxylation is 2. The third kappa shape index (κ3) is 5.82. The lowest BCUT2D eigenvalue weighted by atomic mass is 10.1. The molecule has 0 aliphatic carbocycles. The fourth-order valence-corrected chi connectivity index (χ4v) is 3.26. The van der Waals surface area contributed by atoms with Crippen molar-refractivity contribution in [2.75, 3.05) is 5.32 Å². The number of pyridine rings is 1. The van der Waals surface area contributed by atoms with Crippen molar-refractivity contribution < 1.29 is 9.59 Å². The number of amides is 3. The summed E-state index contributed by atoms with van der Waals surface area (Å²) in [5, 5.41) is 8.43. The predicted octanol–water partition coefficient (Wildman–Crippen LogP) is 3.80. The van der Waals surface area contributed by atoms with E-state index in [4.69, 9.17) is 0 Å². The molecule has 1 aromatic heterocycles. The van der Waals surface area contributed by atoms with Gasteiger partial charge in [-0.2, -0.15) is 0 Å². The van der Waals surface area contributed by atoms with Crippen LogP contribution in [0.5, 0.6) is 0 Å². The molecule has 1 atom stereocenters. The van der Waals surface area contributed by atoms with E-state index in [0.29, 0.717) is 16.8 Å². The van der Waals surface area contributed by atoms with Crippen molar-refractivity contribution in [3.05, 3.63) is 99.0 Å². The topological polar surface area (TPSA) is 103 Å². The first-order valence-electron chi connectivity index (χ1n) is 10.0. The number of H-pyrrole nitrogens is 1. The van der Waals surface area contributed by atoms with E-state index < -0.39 is 0 Å². The molecule has 0 saturated heterocycles. The molecule has 3 amide bonds. The molecule has 0 radical (unpaired) electrons. The summed E-state index contributed by atoms with van der Waals surface area (Å²) < 4.78 is 0. The molecule has 3 aromatic rings. The van der Waals surface area contributed by atoms with Gasteiger partial charge in [-0.05, 0) is 62.2 Å². The van der Waals surface area contributed by atoms with E-state index in [1.807, 2.05) is 57.2 Å². The van der Waals surface area contributed by atoms with E-state index in [1.165, 1.54) is 0 Å². The number of carbonyl (C=O) groups is 2. The van der Waals surface area contributed by atoms with Gasteiger partial charge in [-0.1, -0.05) is 30.3 Å². The molecular weight excluding hydrogens is 392 g/mol. The van der Waals surface area contributed by atoms with Gasteiger partial charge in [0.25, 0.3) is 11.5 Å². The van der Waals surface area contributed by atoms with Gasteiger partial charge in [0.05, 0.1) is 6.04 Å². The average molecular weight is 418 g/mol. The van der Waals surface area contributed by atoms with Gasteiger partial charge in [0, 0.05) is 29.1 Å². The van der Waals surface area contributed by atoms with E-state index in [1.54, 1.807) is 24.3 Å². The highest BCUT2D eigenvalue weighted by Gasteiger charge is 2.12. The minimum absolute atomic E-state index is 0.152. The van der Waals surface area contributed by atoms with Gasteiger partial charge in [0.15, 0.2) is 0 Å². The first-order valence-corrected chi connectivity index (χ1v) is 10.0. The molecule has 3 rings (SSSR count). The average Bonchev–Trinajstić information content (AvgIpc) is 2.73. The summed E-state index contributed by atoms with van der Waals surface area (Å²) in [4.78, 5) is 39.5. The summed E-state index contributed by atoms with van der Waals surface area (Å²) in [6.45, 7) is 5.69. The number of nitrogens with one attached hydrogen (secondary N) is 4. The van der Waals surface area contributed by atoms with E-state index in [-0.39, 0.29) is 30.1 Å². The van der Waals surface area contributed by atoms with E-state index >= 15 is 0 Å². The van der Waals surface area contributed by atoms with Crippen LogP contribution in [0.3, 0.4) is 0 Å². The maximum absolute atomic E-state index is 12.5. The van der Waals surface area contributed by atoms with E-state index in [9.17, 15) is 14.4 Å². The Morgan fingerprint density at radius 1 is 1.00 bits per heavy atom. The smallest absolute Gasteiger partial charge is 0.319 e. The van der Waals surface area contributed by atoms with Crippen molar-refractivity contribution in [2.24, 2.45) is 0 Å². The summed E-state index contributed by atoms with van der Waals surface area (Å²) >= 11 is 0. The monoisotopic (exact) mass is 418 g/mol. The molecule has 31 heavy (non-hydrogen) atoms. The molecule has 0 aliphatic rings. The number of carbonyl (C=O) groups excluding carboxylic acids is 2. The molecule has 0 bridgehead atoms. The van der Waals surface area contributed by atoms with Crippen LogP contribution in [0.15, 0.2) is 65.5 Å². The number of rotatable bonds is 6. The van der Waals surface area contributed by atoms with Crippen LogP contribution in [0.2, 0.25) is 0 Å². The summed E-state index contributed by atoms with van der Waals surface area (Å²) in [5.74, 6) is -0.270. The first-order chi connectivity index (χ1) is 14.8. The largest absolute Gasteiger partial charge is 0.348 e.